The monoisotopic (exact) mass is 465 g/mol. The molecule has 0 aromatic heterocycles. The predicted octanol–water partition coefficient (Wildman–Crippen LogP) is 4.09. The molecule has 3 aromatic rings. The van der Waals surface area contributed by atoms with E-state index in [1.807, 2.05) is 45.0 Å². The third kappa shape index (κ3) is 5.98. The first-order chi connectivity index (χ1) is 15.6. The van der Waals surface area contributed by atoms with Crippen LogP contribution in [0.15, 0.2) is 65.6 Å². The predicted molar refractivity (Wildman–Crippen MR) is 130 cm³/mol. The second-order valence-corrected chi connectivity index (χ2v) is 9.63. The lowest BCUT2D eigenvalue weighted by Gasteiger charge is -2.13. The first-order valence-electron chi connectivity index (χ1n) is 10.4. The van der Waals surface area contributed by atoms with Crippen molar-refractivity contribution in [3.8, 4) is 0 Å². The Morgan fingerprint density at radius 2 is 1.48 bits per heavy atom. The minimum Gasteiger partial charge on any atom is -0.343 e. The van der Waals surface area contributed by atoms with Gasteiger partial charge < -0.3 is 10.6 Å². The lowest BCUT2D eigenvalue weighted by molar-refractivity contribution is -0.115. The van der Waals surface area contributed by atoms with Crippen LogP contribution in [-0.2, 0) is 14.8 Å². The van der Waals surface area contributed by atoms with Gasteiger partial charge >= 0.3 is 0 Å². The summed E-state index contributed by atoms with van der Waals surface area (Å²) in [6.07, 6.45) is 0. The number of amides is 2. The topological polar surface area (TPSA) is 104 Å². The summed E-state index contributed by atoms with van der Waals surface area (Å²) in [6.45, 7) is 7.10. The van der Waals surface area contributed by atoms with Crippen LogP contribution in [0.3, 0.4) is 0 Å². The summed E-state index contributed by atoms with van der Waals surface area (Å²) in [5.74, 6) is -0.903. The van der Waals surface area contributed by atoms with E-state index in [0.29, 0.717) is 16.9 Å². The van der Waals surface area contributed by atoms with E-state index in [2.05, 4.69) is 15.4 Å². The van der Waals surface area contributed by atoms with Gasteiger partial charge in [0.05, 0.1) is 11.4 Å². The minimum atomic E-state index is -3.89. The molecule has 0 radical (unpaired) electrons. The van der Waals surface area contributed by atoms with Gasteiger partial charge in [-0.3, -0.25) is 14.3 Å². The number of rotatable bonds is 7. The summed E-state index contributed by atoms with van der Waals surface area (Å²) in [6, 6.07) is 17.0. The summed E-state index contributed by atoms with van der Waals surface area (Å²) in [4.78, 5) is 25.1. The minimum absolute atomic E-state index is 0.0419. The summed E-state index contributed by atoms with van der Waals surface area (Å²) in [7, 11) is -3.89. The zero-order valence-corrected chi connectivity index (χ0v) is 19.8. The van der Waals surface area contributed by atoms with Crippen molar-refractivity contribution in [2.24, 2.45) is 0 Å². The van der Waals surface area contributed by atoms with Crippen molar-refractivity contribution in [3.63, 3.8) is 0 Å². The van der Waals surface area contributed by atoms with Crippen LogP contribution >= 0.6 is 0 Å². The SMILES string of the molecule is Cc1cccc(NS(=O)(=O)c2ccc(C)c(C(=O)NCC(=O)Nc3c(C)cccc3C)c2)c1. The maximum absolute atomic E-state index is 12.8. The number of hydrogen-bond donors (Lipinski definition) is 3. The first-order valence-corrected chi connectivity index (χ1v) is 11.9. The van der Waals surface area contributed by atoms with Crippen LogP contribution in [0.5, 0.6) is 0 Å². The van der Waals surface area contributed by atoms with Gasteiger partial charge in [-0.25, -0.2) is 8.42 Å². The van der Waals surface area contributed by atoms with Crippen molar-refractivity contribution in [1.29, 1.82) is 0 Å². The molecule has 0 aliphatic carbocycles. The van der Waals surface area contributed by atoms with Crippen LogP contribution < -0.4 is 15.4 Å². The molecular formula is C25H27N3O4S. The lowest BCUT2D eigenvalue weighted by Crippen LogP contribution is -2.33. The number of hydrogen-bond acceptors (Lipinski definition) is 4. The maximum Gasteiger partial charge on any atom is 0.261 e. The highest BCUT2D eigenvalue weighted by atomic mass is 32.2. The highest BCUT2D eigenvalue weighted by molar-refractivity contribution is 7.92. The fraction of sp³-hybridized carbons (Fsp3) is 0.200. The van der Waals surface area contributed by atoms with Gasteiger partial charge in [0.25, 0.3) is 15.9 Å². The summed E-state index contributed by atoms with van der Waals surface area (Å²) in [5.41, 5.74) is 4.68. The molecule has 2 amide bonds. The molecule has 0 saturated carbocycles. The van der Waals surface area contributed by atoms with Crippen molar-refractivity contribution in [1.82, 2.24) is 5.32 Å². The van der Waals surface area contributed by atoms with E-state index in [0.717, 1.165) is 16.7 Å². The highest BCUT2D eigenvalue weighted by Crippen LogP contribution is 2.21. The Balaban J connectivity index is 1.72. The van der Waals surface area contributed by atoms with Crippen LogP contribution in [-0.4, -0.2) is 26.8 Å². The van der Waals surface area contributed by atoms with E-state index < -0.39 is 15.9 Å². The number of para-hydroxylation sites is 1. The van der Waals surface area contributed by atoms with Crippen LogP contribution in [0.1, 0.15) is 32.6 Å². The molecule has 7 nitrogen and oxygen atoms in total. The van der Waals surface area contributed by atoms with E-state index >= 15 is 0 Å². The molecule has 0 aliphatic rings. The lowest BCUT2D eigenvalue weighted by atomic mass is 10.1. The van der Waals surface area contributed by atoms with Gasteiger partial charge in [-0.15, -0.1) is 0 Å². The summed E-state index contributed by atoms with van der Waals surface area (Å²) < 4.78 is 28.2. The average molecular weight is 466 g/mol. The highest BCUT2D eigenvalue weighted by Gasteiger charge is 2.19. The van der Waals surface area contributed by atoms with Gasteiger partial charge in [-0.1, -0.05) is 36.4 Å². The number of anilines is 2. The van der Waals surface area contributed by atoms with E-state index in [4.69, 9.17) is 0 Å². The van der Waals surface area contributed by atoms with Gasteiger partial charge in [0.1, 0.15) is 0 Å². The van der Waals surface area contributed by atoms with E-state index in [9.17, 15) is 18.0 Å². The van der Waals surface area contributed by atoms with Crippen molar-refractivity contribution in [2.45, 2.75) is 32.6 Å². The molecule has 0 aliphatic heterocycles. The number of carbonyl (C=O) groups excluding carboxylic acids is 2. The van der Waals surface area contributed by atoms with Gasteiger partial charge in [0, 0.05) is 16.9 Å². The van der Waals surface area contributed by atoms with Crippen molar-refractivity contribution in [3.05, 3.63) is 88.5 Å². The number of nitrogens with one attached hydrogen (secondary N) is 3. The molecule has 172 valence electrons. The number of sulfonamides is 1. The zero-order valence-electron chi connectivity index (χ0n) is 19.0. The Morgan fingerprint density at radius 1 is 0.818 bits per heavy atom. The fourth-order valence-corrected chi connectivity index (χ4v) is 4.46. The summed E-state index contributed by atoms with van der Waals surface area (Å²) in [5, 5.41) is 5.38. The molecule has 8 heteroatoms. The van der Waals surface area contributed by atoms with E-state index in [1.165, 1.54) is 12.1 Å². The second kappa shape index (κ2) is 9.87. The largest absolute Gasteiger partial charge is 0.343 e. The number of aryl methyl sites for hydroxylation is 4. The molecular weight excluding hydrogens is 438 g/mol. The maximum atomic E-state index is 12.8. The Kier molecular flexibility index (Phi) is 7.18. The van der Waals surface area contributed by atoms with Gasteiger partial charge in [-0.2, -0.15) is 0 Å². The summed E-state index contributed by atoms with van der Waals surface area (Å²) >= 11 is 0. The number of carbonyl (C=O) groups is 2. The fourth-order valence-electron chi connectivity index (χ4n) is 3.39. The Hall–Kier alpha value is -3.65. The quantitative estimate of drug-likeness (QED) is 0.489. The Morgan fingerprint density at radius 3 is 2.15 bits per heavy atom. The van der Waals surface area contributed by atoms with Crippen molar-refractivity contribution in [2.75, 3.05) is 16.6 Å². The van der Waals surface area contributed by atoms with Crippen LogP contribution in [0.4, 0.5) is 11.4 Å². The normalized spacial score (nSPS) is 11.0. The molecule has 3 aromatic carbocycles. The molecule has 0 spiro atoms. The molecule has 0 fully saturated rings. The first kappa shape index (κ1) is 24.0. The van der Waals surface area contributed by atoms with Crippen LogP contribution in [0.2, 0.25) is 0 Å². The molecule has 0 saturated heterocycles. The van der Waals surface area contributed by atoms with Crippen molar-refractivity contribution < 1.29 is 18.0 Å². The molecule has 0 bridgehead atoms. The molecule has 0 unspecified atom stereocenters. The third-order valence-electron chi connectivity index (χ3n) is 5.19. The zero-order chi connectivity index (χ0) is 24.2. The molecule has 3 rings (SSSR count). The van der Waals surface area contributed by atoms with Crippen molar-refractivity contribution >= 4 is 33.2 Å². The van der Waals surface area contributed by atoms with Gasteiger partial charge in [0.15, 0.2) is 0 Å². The van der Waals surface area contributed by atoms with Gasteiger partial charge in [-0.05, 0) is 74.2 Å². The van der Waals surface area contributed by atoms with Gasteiger partial charge in [0.2, 0.25) is 5.91 Å². The number of benzene rings is 3. The Labute approximate surface area is 194 Å². The molecule has 33 heavy (non-hydrogen) atoms. The molecule has 0 atom stereocenters. The standard InChI is InChI=1S/C25H27N3O4S/c1-16-7-5-10-20(13-16)28-33(31,32)21-12-11-17(2)22(14-21)25(30)26-15-23(29)27-24-18(3)8-6-9-19(24)4/h5-14,28H,15H2,1-4H3,(H,26,30)(H,27,29). The van der Waals surface area contributed by atoms with Crippen LogP contribution in [0.25, 0.3) is 0 Å². The second-order valence-electron chi connectivity index (χ2n) is 7.95. The molecule has 0 heterocycles. The van der Waals surface area contributed by atoms with E-state index in [-0.39, 0.29) is 22.9 Å². The average Bonchev–Trinajstić information content (AvgIpc) is 2.74. The molecule has 3 N–H and O–H groups in total. The third-order valence-corrected chi connectivity index (χ3v) is 6.57. The Bertz CT molecular complexity index is 1300. The van der Waals surface area contributed by atoms with Crippen LogP contribution in [0, 0.1) is 27.7 Å². The van der Waals surface area contributed by atoms with E-state index in [1.54, 1.807) is 31.2 Å². The smallest absolute Gasteiger partial charge is 0.261 e.